The zero-order valence-corrected chi connectivity index (χ0v) is 22.2. The fourth-order valence-corrected chi connectivity index (χ4v) is 6.72. The summed E-state index contributed by atoms with van der Waals surface area (Å²) >= 11 is 0. The number of amides is 1. The lowest BCUT2D eigenvalue weighted by Gasteiger charge is -2.34. The Balaban J connectivity index is 1.35. The predicted molar refractivity (Wildman–Crippen MR) is 146 cm³/mol. The van der Waals surface area contributed by atoms with Crippen molar-refractivity contribution in [3.8, 4) is 17.1 Å². The molecule has 0 radical (unpaired) electrons. The van der Waals surface area contributed by atoms with E-state index in [2.05, 4.69) is 19.9 Å². The zero-order valence-electron chi connectivity index (χ0n) is 21.4. The molecule has 11 heteroatoms. The van der Waals surface area contributed by atoms with Crippen LogP contribution in [0, 0.1) is 12.7 Å². The molecule has 1 unspecified atom stereocenters. The first-order valence-corrected chi connectivity index (χ1v) is 14.3. The number of para-hydroxylation sites is 1. The van der Waals surface area contributed by atoms with Crippen molar-refractivity contribution in [3.05, 3.63) is 77.6 Å². The number of H-pyrrole nitrogens is 2. The van der Waals surface area contributed by atoms with E-state index in [9.17, 15) is 17.6 Å². The lowest BCUT2D eigenvalue weighted by atomic mass is 10.1. The maximum atomic E-state index is 14.0. The van der Waals surface area contributed by atoms with Gasteiger partial charge in [0, 0.05) is 28.5 Å². The van der Waals surface area contributed by atoms with Gasteiger partial charge in [-0.3, -0.25) is 4.79 Å². The van der Waals surface area contributed by atoms with Crippen LogP contribution in [0.15, 0.2) is 54.7 Å². The van der Waals surface area contributed by atoms with E-state index in [0.717, 1.165) is 22.1 Å². The normalized spacial score (nSPS) is 17.1. The van der Waals surface area contributed by atoms with Gasteiger partial charge in [-0.25, -0.2) is 22.8 Å². The van der Waals surface area contributed by atoms with E-state index < -0.39 is 15.9 Å². The Hall–Kier alpha value is -4.25. The number of hydrogen-bond acceptors (Lipinski definition) is 6. The van der Waals surface area contributed by atoms with Crippen LogP contribution in [0.5, 0.6) is 5.88 Å². The van der Waals surface area contributed by atoms with Crippen LogP contribution >= 0.6 is 0 Å². The average Bonchev–Trinajstić information content (AvgIpc) is 3.52. The van der Waals surface area contributed by atoms with Crippen LogP contribution in [0.2, 0.25) is 0 Å². The summed E-state index contributed by atoms with van der Waals surface area (Å²) in [6.07, 6.45) is 1.60. The van der Waals surface area contributed by atoms with E-state index in [1.807, 2.05) is 37.3 Å². The molecule has 0 aliphatic carbocycles. The third kappa shape index (κ3) is 4.63. The number of aromatic amines is 2. The number of methoxy groups -OCH3 is 1. The van der Waals surface area contributed by atoms with Gasteiger partial charge in [0.05, 0.1) is 48.0 Å². The molecule has 2 N–H and O–H groups in total. The van der Waals surface area contributed by atoms with Gasteiger partial charge in [0.1, 0.15) is 17.7 Å². The summed E-state index contributed by atoms with van der Waals surface area (Å²) in [7, 11) is -1.87. The number of sulfone groups is 1. The molecular formula is C28H26FN5O4S. The molecule has 1 atom stereocenters. The van der Waals surface area contributed by atoms with E-state index in [4.69, 9.17) is 4.74 Å². The third-order valence-electron chi connectivity index (χ3n) is 7.24. The van der Waals surface area contributed by atoms with E-state index in [-0.39, 0.29) is 36.2 Å². The Labute approximate surface area is 224 Å². The minimum absolute atomic E-state index is 0.00180. The molecule has 39 heavy (non-hydrogen) atoms. The minimum atomic E-state index is -3.40. The molecule has 2 aromatic carbocycles. The Morgan fingerprint density at radius 1 is 1.18 bits per heavy atom. The van der Waals surface area contributed by atoms with Gasteiger partial charge in [0.15, 0.2) is 9.84 Å². The summed E-state index contributed by atoms with van der Waals surface area (Å²) in [6.45, 7) is 1.88. The van der Waals surface area contributed by atoms with Gasteiger partial charge >= 0.3 is 0 Å². The van der Waals surface area contributed by atoms with Gasteiger partial charge in [-0.2, -0.15) is 0 Å². The molecular weight excluding hydrogens is 521 g/mol. The van der Waals surface area contributed by atoms with E-state index in [0.29, 0.717) is 33.9 Å². The van der Waals surface area contributed by atoms with Crippen LogP contribution < -0.4 is 4.74 Å². The molecule has 1 aliphatic heterocycles. The van der Waals surface area contributed by atoms with Crippen LogP contribution in [0.4, 0.5) is 4.39 Å². The summed E-state index contributed by atoms with van der Waals surface area (Å²) < 4.78 is 44.8. The fraction of sp³-hybridized carbons (Fsp3) is 0.250. The Bertz CT molecular complexity index is 1850. The molecule has 4 heterocycles. The topological polar surface area (TPSA) is 121 Å². The van der Waals surface area contributed by atoms with Gasteiger partial charge < -0.3 is 19.6 Å². The van der Waals surface area contributed by atoms with E-state index >= 15 is 0 Å². The summed E-state index contributed by atoms with van der Waals surface area (Å²) in [6, 6.07) is 13.2. The lowest BCUT2D eigenvalue weighted by Crippen LogP contribution is -2.47. The predicted octanol–water partition coefficient (Wildman–Crippen LogP) is 4.10. The highest BCUT2D eigenvalue weighted by Gasteiger charge is 2.37. The van der Waals surface area contributed by atoms with E-state index in [1.165, 1.54) is 19.2 Å². The van der Waals surface area contributed by atoms with Crippen molar-refractivity contribution >= 4 is 37.6 Å². The number of ether oxygens (including phenoxy) is 1. The molecule has 6 rings (SSSR count). The van der Waals surface area contributed by atoms with Crippen molar-refractivity contribution in [1.82, 2.24) is 24.8 Å². The lowest BCUT2D eigenvalue weighted by molar-refractivity contribution is -0.132. The molecule has 0 saturated carbocycles. The fourth-order valence-electron chi connectivity index (χ4n) is 5.26. The molecule has 200 valence electrons. The summed E-state index contributed by atoms with van der Waals surface area (Å²) in [5, 5.41) is 1.55. The number of rotatable bonds is 5. The second-order valence-electron chi connectivity index (χ2n) is 9.73. The highest BCUT2D eigenvalue weighted by atomic mass is 32.2. The largest absolute Gasteiger partial charge is 0.480 e. The number of carbonyl (C=O) groups is 1. The standard InChI is InChI=1S/C28H26FN5O4S/c1-16-19(20-12-18(29)7-8-23(20)31-16)13-26(35)34-9-10-39(36,37)15-25(34)27-30-14-24(32-27)21-11-17-5-3-4-6-22(17)33-28(21)38-2/h3-8,11-12,14,25,31H,9-10,13,15H2,1-2H3,(H,30,32). The van der Waals surface area contributed by atoms with Crippen LogP contribution in [0.25, 0.3) is 33.1 Å². The number of imidazole rings is 1. The van der Waals surface area contributed by atoms with Gasteiger partial charge in [-0.15, -0.1) is 0 Å². The maximum Gasteiger partial charge on any atom is 0.227 e. The van der Waals surface area contributed by atoms with Crippen molar-refractivity contribution in [3.63, 3.8) is 0 Å². The molecule has 3 aromatic heterocycles. The molecule has 5 aromatic rings. The number of aryl methyl sites for hydroxylation is 1. The molecule has 1 amide bonds. The third-order valence-corrected chi connectivity index (χ3v) is 8.87. The van der Waals surface area contributed by atoms with Gasteiger partial charge in [-0.1, -0.05) is 18.2 Å². The number of pyridine rings is 1. The van der Waals surface area contributed by atoms with E-state index in [1.54, 1.807) is 17.2 Å². The van der Waals surface area contributed by atoms with Gasteiger partial charge in [-0.05, 0) is 42.8 Å². The summed E-state index contributed by atoms with van der Waals surface area (Å²) in [5.41, 5.74) is 4.24. The zero-order chi connectivity index (χ0) is 27.3. The first-order valence-electron chi connectivity index (χ1n) is 12.5. The molecule has 1 fully saturated rings. The number of halogens is 1. The SMILES string of the molecule is COc1nc2ccccc2cc1-c1cnc(C2CS(=O)(=O)CCN2C(=O)Cc2c(C)[nH]c3ccc(F)cc23)[nH]1. The molecule has 9 nitrogen and oxygen atoms in total. The number of aromatic nitrogens is 4. The Morgan fingerprint density at radius 2 is 2.00 bits per heavy atom. The van der Waals surface area contributed by atoms with Crippen LogP contribution in [0.3, 0.4) is 0 Å². The van der Waals surface area contributed by atoms with Crippen LogP contribution in [0.1, 0.15) is 23.1 Å². The summed E-state index contributed by atoms with van der Waals surface area (Å²) in [4.78, 5) is 30.7. The number of fused-ring (bicyclic) bond motifs is 2. The van der Waals surface area contributed by atoms with Gasteiger partial charge in [0.2, 0.25) is 11.8 Å². The second-order valence-corrected chi connectivity index (χ2v) is 12.0. The molecule has 0 spiro atoms. The Morgan fingerprint density at radius 3 is 2.82 bits per heavy atom. The first-order chi connectivity index (χ1) is 18.7. The van der Waals surface area contributed by atoms with Crippen LogP contribution in [-0.4, -0.2) is 64.3 Å². The number of nitrogens with one attached hydrogen (secondary N) is 2. The molecule has 1 saturated heterocycles. The van der Waals surface area contributed by atoms with Crippen LogP contribution in [-0.2, 0) is 21.1 Å². The molecule has 1 aliphatic rings. The number of nitrogens with zero attached hydrogens (tertiary/aromatic N) is 3. The van der Waals surface area contributed by atoms with Crippen molar-refractivity contribution in [2.75, 3.05) is 25.2 Å². The number of carbonyl (C=O) groups excluding carboxylic acids is 1. The highest BCUT2D eigenvalue weighted by molar-refractivity contribution is 7.91. The Kier molecular flexibility index (Phi) is 6.10. The maximum absolute atomic E-state index is 14.0. The van der Waals surface area contributed by atoms with Crippen molar-refractivity contribution < 1.29 is 22.3 Å². The molecule has 0 bridgehead atoms. The second kappa shape index (κ2) is 9.49. The van der Waals surface area contributed by atoms with Gasteiger partial charge in [0.25, 0.3) is 0 Å². The summed E-state index contributed by atoms with van der Waals surface area (Å²) in [5.74, 6) is -0.272. The number of benzene rings is 2. The smallest absolute Gasteiger partial charge is 0.227 e. The highest BCUT2D eigenvalue weighted by Crippen LogP contribution is 2.33. The average molecular weight is 548 g/mol. The number of hydrogen-bond donors (Lipinski definition) is 2. The van der Waals surface area contributed by atoms with Crippen molar-refractivity contribution in [1.29, 1.82) is 0 Å². The quantitative estimate of drug-likeness (QED) is 0.342. The van der Waals surface area contributed by atoms with Crippen molar-refractivity contribution in [2.24, 2.45) is 0 Å². The minimum Gasteiger partial charge on any atom is -0.480 e. The first kappa shape index (κ1) is 25.1. The van der Waals surface area contributed by atoms with Crippen molar-refractivity contribution in [2.45, 2.75) is 19.4 Å². The monoisotopic (exact) mass is 547 g/mol.